The van der Waals surface area contributed by atoms with Crippen LogP contribution >= 0.6 is 0 Å². The second kappa shape index (κ2) is 5.55. The van der Waals surface area contributed by atoms with Gasteiger partial charge in [-0.25, -0.2) is 8.78 Å². The summed E-state index contributed by atoms with van der Waals surface area (Å²) in [4.78, 5) is 11.2. The number of carbonyl (C=O) groups excluding carboxylic acids is 1. The lowest BCUT2D eigenvalue weighted by atomic mass is 9.99. The lowest BCUT2D eigenvalue weighted by molar-refractivity contribution is -0.145. The number of benzene rings is 1. The highest BCUT2D eigenvalue weighted by molar-refractivity contribution is 5.72. The van der Waals surface area contributed by atoms with Crippen molar-refractivity contribution in [1.82, 2.24) is 0 Å². The molecule has 5 heteroatoms. The SMILES string of the molecule is COC(=O)C(CN)Cc1ccc(F)c(F)c1. The third-order valence-electron chi connectivity index (χ3n) is 2.29. The molecule has 0 aromatic heterocycles. The molecule has 0 bridgehead atoms. The van der Waals surface area contributed by atoms with Crippen LogP contribution in [0, 0.1) is 17.6 Å². The predicted molar refractivity (Wildman–Crippen MR) is 54.6 cm³/mol. The molecule has 0 aliphatic carbocycles. The van der Waals surface area contributed by atoms with E-state index in [0.29, 0.717) is 5.56 Å². The fourth-order valence-electron chi connectivity index (χ4n) is 1.38. The van der Waals surface area contributed by atoms with Gasteiger partial charge >= 0.3 is 5.97 Å². The average molecular weight is 229 g/mol. The first-order valence-electron chi connectivity index (χ1n) is 4.80. The Morgan fingerprint density at radius 3 is 2.62 bits per heavy atom. The molecule has 1 unspecified atom stereocenters. The van der Waals surface area contributed by atoms with Gasteiger partial charge in [-0.15, -0.1) is 0 Å². The van der Waals surface area contributed by atoms with Crippen molar-refractivity contribution in [2.75, 3.05) is 13.7 Å². The highest BCUT2D eigenvalue weighted by Crippen LogP contribution is 2.13. The molecular formula is C11H13F2NO2. The van der Waals surface area contributed by atoms with E-state index in [-0.39, 0.29) is 13.0 Å². The Balaban J connectivity index is 2.78. The van der Waals surface area contributed by atoms with Gasteiger partial charge in [-0.05, 0) is 24.1 Å². The molecule has 0 radical (unpaired) electrons. The number of carbonyl (C=O) groups is 1. The molecule has 1 atom stereocenters. The Labute approximate surface area is 92.2 Å². The summed E-state index contributed by atoms with van der Waals surface area (Å²) in [6.07, 6.45) is 0.236. The van der Waals surface area contributed by atoms with Gasteiger partial charge in [-0.1, -0.05) is 6.07 Å². The Kier molecular flexibility index (Phi) is 4.37. The molecule has 0 fully saturated rings. The molecule has 88 valence electrons. The third kappa shape index (κ3) is 3.00. The fourth-order valence-corrected chi connectivity index (χ4v) is 1.38. The maximum absolute atomic E-state index is 12.9. The van der Waals surface area contributed by atoms with E-state index >= 15 is 0 Å². The van der Waals surface area contributed by atoms with Gasteiger partial charge in [0.25, 0.3) is 0 Å². The second-order valence-corrected chi connectivity index (χ2v) is 3.41. The van der Waals surface area contributed by atoms with E-state index in [1.807, 2.05) is 0 Å². The summed E-state index contributed by atoms with van der Waals surface area (Å²) in [5, 5.41) is 0. The van der Waals surface area contributed by atoms with E-state index in [0.717, 1.165) is 12.1 Å². The van der Waals surface area contributed by atoms with Crippen LogP contribution in [0.3, 0.4) is 0 Å². The van der Waals surface area contributed by atoms with Crippen LogP contribution < -0.4 is 5.73 Å². The van der Waals surface area contributed by atoms with Crippen LogP contribution in [0.5, 0.6) is 0 Å². The average Bonchev–Trinajstić information content (AvgIpc) is 2.29. The standard InChI is InChI=1S/C11H13F2NO2/c1-16-11(15)8(6-14)4-7-2-3-9(12)10(13)5-7/h2-3,5,8H,4,6,14H2,1H3. The van der Waals surface area contributed by atoms with Crippen molar-refractivity contribution in [1.29, 1.82) is 0 Å². The maximum Gasteiger partial charge on any atom is 0.310 e. The molecule has 0 saturated carbocycles. The number of hydrogen-bond donors (Lipinski definition) is 1. The highest BCUT2D eigenvalue weighted by atomic mass is 19.2. The second-order valence-electron chi connectivity index (χ2n) is 3.41. The van der Waals surface area contributed by atoms with Crippen molar-refractivity contribution in [2.45, 2.75) is 6.42 Å². The monoisotopic (exact) mass is 229 g/mol. The summed E-state index contributed by atoms with van der Waals surface area (Å²) >= 11 is 0. The molecule has 0 saturated heterocycles. The number of nitrogens with two attached hydrogens (primary N) is 1. The number of rotatable bonds is 4. The quantitative estimate of drug-likeness (QED) is 0.791. The minimum Gasteiger partial charge on any atom is -0.469 e. The van der Waals surface area contributed by atoms with Crippen LogP contribution in [0.4, 0.5) is 8.78 Å². The zero-order valence-electron chi connectivity index (χ0n) is 8.87. The van der Waals surface area contributed by atoms with Gasteiger partial charge in [0.05, 0.1) is 13.0 Å². The Bertz CT molecular complexity index is 382. The van der Waals surface area contributed by atoms with Crippen molar-refractivity contribution in [3.05, 3.63) is 35.4 Å². The van der Waals surface area contributed by atoms with Gasteiger partial charge in [0.15, 0.2) is 11.6 Å². The van der Waals surface area contributed by atoms with Gasteiger partial charge < -0.3 is 10.5 Å². The fraction of sp³-hybridized carbons (Fsp3) is 0.364. The Morgan fingerprint density at radius 2 is 2.12 bits per heavy atom. The molecular weight excluding hydrogens is 216 g/mol. The van der Waals surface area contributed by atoms with Gasteiger partial charge in [-0.2, -0.15) is 0 Å². The normalized spacial score (nSPS) is 12.2. The summed E-state index contributed by atoms with van der Waals surface area (Å²) in [6.45, 7) is 0.103. The van der Waals surface area contributed by atoms with E-state index in [4.69, 9.17) is 5.73 Å². The van der Waals surface area contributed by atoms with Crippen LogP contribution in [0.25, 0.3) is 0 Å². The van der Waals surface area contributed by atoms with E-state index in [9.17, 15) is 13.6 Å². The number of halogens is 2. The minimum absolute atomic E-state index is 0.103. The van der Waals surface area contributed by atoms with Crippen molar-refractivity contribution in [3.8, 4) is 0 Å². The van der Waals surface area contributed by atoms with Crippen LogP contribution in [-0.2, 0) is 16.0 Å². The molecule has 1 aromatic carbocycles. The first-order chi connectivity index (χ1) is 7.58. The lowest BCUT2D eigenvalue weighted by Gasteiger charge is -2.12. The molecule has 1 rings (SSSR count). The summed E-state index contributed by atoms with van der Waals surface area (Å²) in [7, 11) is 1.26. The van der Waals surface area contributed by atoms with Gasteiger partial charge in [0.1, 0.15) is 0 Å². The van der Waals surface area contributed by atoms with E-state index < -0.39 is 23.5 Å². The predicted octanol–water partition coefficient (Wildman–Crippen LogP) is 1.26. The maximum atomic E-state index is 12.9. The van der Waals surface area contributed by atoms with Crippen molar-refractivity contribution < 1.29 is 18.3 Å². The highest BCUT2D eigenvalue weighted by Gasteiger charge is 2.18. The summed E-state index contributed by atoms with van der Waals surface area (Å²) in [5.41, 5.74) is 5.91. The zero-order valence-corrected chi connectivity index (χ0v) is 8.87. The molecule has 0 aliphatic heterocycles. The smallest absolute Gasteiger partial charge is 0.310 e. The molecule has 0 amide bonds. The first-order valence-corrected chi connectivity index (χ1v) is 4.80. The summed E-state index contributed by atoms with van der Waals surface area (Å²) in [6, 6.07) is 3.50. The Morgan fingerprint density at radius 1 is 1.44 bits per heavy atom. The molecule has 0 heterocycles. The van der Waals surface area contributed by atoms with E-state index in [1.165, 1.54) is 13.2 Å². The van der Waals surface area contributed by atoms with E-state index in [1.54, 1.807) is 0 Å². The molecule has 16 heavy (non-hydrogen) atoms. The van der Waals surface area contributed by atoms with Crippen LogP contribution in [0.2, 0.25) is 0 Å². The molecule has 0 aliphatic rings. The van der Waals surface area contributed by atoms with Gasteiger partial charge in [0, 0.05) is 6.54 Å². The first kappa shape index (κ1) is 12.6. The van der Waals surface area contributed by atoms with Gasteiger partial charge in [0.2, 0.25) is 0 Å². The minimum atomic E-state index is -0.932. The molecule has 2 N–H and O–H groups in total. The van der Waals surface area contributed by atoms with Crippen LogP contribution in [0.1, 0.15) is 5.56 Å². The topological polar surface area (TPSA) is 52.3 Å². The van der Waals surface area contributed by atoms with Crippen molar-refractivity contribution >= 4 is 5.97 Å². The number of methoxy groups -OCH3 is 1. The van der Waals surface area contributed by atoms with E-state index in [2.05, 4.69) is 4.74 Å². The van der Waals surface area contributed by atoms with Crippen LogP contribution in [-0.4, -0.2) is 19.6 Å². The number of esters is 1. The molecule has 0 spiro atoms. The number of hydrogen-bond acceptors (Lipinski definition) is 3. The zero-order chi connectivity index (χ0) is 12.1. The number of ether oxygens (including phenoxy) is 1. The summed E-state index contributed by atoms with van der Waals surface area (Å²) < 4.78 is 30.1. The molecule has 3 nitrogen and oxygen atoms in total. The van der Waals surface area contributed by atoms with Crippen molar-refractivity contribution in [2.24, 2.45) is 11.7 Å². The lowest BCUT2D eigenvalue weighted by Crippen LogP contribution is -2.26. The largest absolute Gasteiger partial charge is 0.469 e. The summed E-state index contributed by atoms with van der Waals surface area (Å²) in [5.74, 6) is -2.83. The van der Waals surface area contributed by atoms with Gasteiger partial charge in [-0.3, -0.25) is 4.79 Å². The van der Waals surface area contributed by atoms with Crippen LogP contribution in [0.15, 0.2) is 18.2 Å². The third-order valence-corrected chi connectivity index (χ3v) is 2.29. The molecule has 1 aromatic rings. The Hall–Kier alpha value is -1.49. The van der Waals surface area contributed by atoms with Crippen molar-refractivity contribution in [3.63, 3.8) is 0 Å².